The highest BCUT2D eigenvalue weighted by Crippen LogP contribution is 2.46. The van der Waals surface area contributed by atoms with E-state index in [9.17, 15) is 0 Å². The standard InChI is InChI=1S/C18H24O2/c1-12-11-13(2)16-17(20-10-9-19-16)15(12)14-5-7-18(3,4)8-6-14/h5,11H,6-10H2,1-4H3. The zero-order valence-corrected chi connectivity index (χ0v) is 13.0. The van der Waals surface area contributed by atoms with Crippen LogP contribution >= 0.6 is 0 Å². The Bertz CT molecular complexity index is 567. The number of allylic oxidation sites excluding steroid dienone is 2. The van der Waals surface area contributed by atoms with E-state index in [2.05, 4.69) is 39.8 Å². The number of benzene rings is 1. The van der Waals surface area contributed by atoms with Crippen LogP contribution in [0.5, 0.6) is 11.5 Å². The molecule has 0 spiro atoms. The number of rotatable bonds is 1. The fourth-order valence-corrected chi connectivity index (χ4v) is 3.24. The summed E-state index contributed by atoms with van der Waals surface area (Å²) in [4.78, 5) is 0. The second kappa shape index (κ2) is 4.83. The van der Waals surface area contributed by atoms with Gasteiger partial charge >= 0.3 is 0 Å². The summed E-state index contributed by atoms with van der Waals surface area (Å²) in [6.45, 7) is 10.3. The minimum Gasteiger partial charge on any atom is -0.486 e. The van der Waals surface area contributed by atoms with Crippen molar-refractivity contribution < 1.29 is 9.47 Å². The van der Waals surface area contributed by atoms with Gasteiger partial charge in [0.25, 0.3) is 0 Å². The monoisotopic (exact) mass is 272 g/mol. The SMILES string of the molecule is Cc1cc(C)c(C2=CCC(C)(C)CC2)c2c1OCCO2. The van der Waals surface area contributed by atoms with Crippen molar-refractivity contribution in [3.63, 3.8) is 0 Å². The van der Waals surface area contributed by atoms with E-state index < -0.39 is 0 Å². The van der Waals surface area contributed by atoms with E-state index in [1.165, 1.54) is 28.7 Å². The van der Waals surface area contributed by atoms with Crippen LogP contribution in [0.2, 0.25) is 0 Å². The van der Waals surface area contributed by atoms with Crippen LogP contribution in [0.25, 0.3) is 5.57 Å². The van der Waals surface area contributed by atoms with Crippen LogP contribution in [0.15, 0.2) is 12.1 Å². The highest BCUT2D eigenvalue weighted by Gasteiger charge is 2.27. The molecule has 2 heteroatoms. The molecule has 0 fully saturated rings. The van der Waals surface area contributed by atoms with Gasteiger partial charge in [0.05, 0.1) is 0 Å². The first kappa shape index (κ1) is 13.5. The Morgan fingerprint density at radius 1 is 1.00 bits per heavy atom. The van der Waals surface area contributed by atoms with Gasteiger partial charge in [-0.2, -0.15) is 0 Å². The van der Waals surface area contributed by atoms with E-state index in [1.54, 1.807) is 0 Å². The van der Waals surface area contributed by atoms with Crippen LogP contribution in [0.4, 0.5) is 0 Å². The highest BCUT2D eigenvalue weighted by molar-refractivity contribution is 5.77. The van der Waals surface area contributed by atoms with Gasteiger partial charge in [-0.3, -0.25) is 0 Å². The largest absolute Gasteiger partial charge is 0.486 e. The van der Waals surface area contributed by atoms with Crippen molar-refractivity contribution in [3.05, 3.63) is 28.8 Å². The molecule has 0 N–H and O–H groups in total. The predicted molar refractivity (Wildman–Crippen MR) is 82.5 cm³/mol. The third kappa shape index (κ3) is 2.32. The molecule has 0 aromatic heterocycles. The number of ether oxygens (including phenoxy) is 2. The molecule has 1 aromatic carbocycles. The zero-order valence-electron chi connectivity index (χ0n) is 13.0. The van der Waals surface area contributed by atoms with Crippen molar-refractivity contribution in [2.45, 2.75) is 47.0 Å². The van der Waals surface area contributed by atoms with E-state index in [-0.39, 0.29) is 0 Å². The molecule has 0 unspecified atom stereocenters. The number of aryl methyl sites for hydroxylation is 2. The summed E-state index contributed by atoms with van der Waals surface area (Å²) in [6.07, 6.45) is 5.92. The lowest BCUT2D eigenvalue weighted by Crippen LogP contribution is -2.19. The lowest BCUT2D eigenvalue weighted by atomic mass is 9.76. The maximum absolute atomic E-state index is 5.96. The Morgan fingerprint density at radius 3 is 2.35 bits per heavy atom. The van der Waals surface area contributed by atoms with Gasteiger partial charge in [-0.25, -0.2) is 0 Å². The van der Waals surface area contributed by atoms with Gasteiger partial charge in [0.1, 0.15) is 13.2 Å². The Kier molecular flexibility index (Phi) is 3.27. The number of hydrogen-bond donors (Lipinski definition) is 0. The summed E-state index contributed by atoms with van der Waals surface area (Å²) in [5.74, 6) is 1.92. The molecule has 1 aliphatic carbocycles. The smallest absolute Gasteiger partial charge is 0.169 e. The Balaban J connectivity index is 2.08. The average Bonchev–Trinajstić information content (AvgIpc) is 2.40. The first-order chi connectivity index (χ1) is 9.48. The van der Waals surface area contributed by atoms with E-state index in [0.29, 0.717) is 18.6 Å². The molecule has 3 rings (SSSR count). The van der Waals surface area contributed by atoms with Crippen molar-refractivity contribution >= 4 is 5.57 Å². The first-order valence-corrected chi connectivity index (χ1v) is 7.57. The topological polar surface area (TPSA) is 18.5 Å². The molecule has 1 aliphatic heterocycles. The van der Waals surface area contributed by atoms with Gasteiger partial charge in [-0.05, 0) is 55.2 Å². The predicted octanol–water partition coefficient (Wildman–Crippen LogP) is 4.67. The molecule has 2 nitrogen and oxygen atoms in total. The van der Waals surface area contributed by atoms with Crippen molar-refractivity contribution in [2.75, 3.05) is 13.2 Å². The molecule has 0 atom stereocenters. The number of hydrogen-bond acceptors (Lipinski definition) is 2. The van der Waals surface area contributed by atoms with Crippen LogP contribution in [0, 0.1) is 19.3 Å². The van der Waals surface area contributed by atoms with Gasteiger partial charge in [0.15, 0.2) is 11.5 Å². The lowest BCUT2D eigenvalue weighted by Gasteiger charge is -2.31. The maximum atomic E-state index is 5.96. The van der Waals surface area contributed by atoms with Gasteiger partial charge in [-0.1, -0.05) is 26.0 Å². The van der Waals surface area contributed by atoms with Gasteiger partial charge in [-0.15, -0.1) is 0 Å². The quantitative estimate of drug-likeness (QED) is 0.739. The molecular weight excluding hydrogens is 248 g/mol. The Morgan fingerprint density at radius 2 is 1.70 bits per heavy atom. The van der Waals surface area contributed by atoms with Crippen molar-refractivity contribution in [2.24, 2.45) is 5.41 Å². The third-order valence-electron chi connectivity index (χ3n) is 4.49. The summed E-state index contributed by atoms with van der Waals surface area (Å²) >= 11 is 0. The molecule has 0 radical (unpaired) electrons. The second-order valence-electron chi connectivity index (χ2n) is 6.84. The van der Waals surface area contributed by atoms with Crippen LogP contribution < -0.4 is 9.47 Å². The normalized spacial score (nSPS) is 20.5. The molecule has 0 saturated carbocycles. The third-order valence-corrected chi connectivity index (χ3v) is 4.49. The van der Waals surface area contributed by atoms with E-state index in [1.807, 2.05) is 0 Å². The molecule has 20 heavy (non-hydrogen) atoms. The molecule has 2 aliphatic rings. The van der Waals surface area contributed by atoms with Crippen molar-refractivity contribution in [3.8, 4) is 11.5 Å². The number of fused-ring (bicyclic) bond motifs is 1. The molecule has 1 aromatic rings. The molecule has 0 saturated heterocycles. The summed E-state index contributed by atoms with van der Waals surface area (Å²) in [7, 11) is 0. The van der Waals surface area contributed by atoms with Crippen LogP contribution in [-0.4, -0.2) is 13.2 Å². The summed E-state index contributed by atoms with van der Waals surface area (Å²) in [6, 6.07) is 2.23. The van der Waals surface area contributed by atoms with Gasteiger partial charge < -0.3 is 9.47 Å². The highest BCUT2D eigenvalue weighted by atomic mass is 16.6. The zero-order chi connectivity index (χ0) is 14.3. The second-order valence-corrected chi connectivity index (χ2v) is 6.84. The van der Waals surface area contributed by atoms with Crippen LogP contribution in [-0.2, 0) is 0 Å². The first-order valence-electron chi connectivity index (χ1n) is 7.57. The summed E-state index contributed by atoms with van der Waals surface area (Å²) < 4.78 is 11.8. The molecule has 1 heterocycles. The summed E-state index contributed by atoms with van der Waals surface area (Å²) in [5, 5.41) is 0. The van der Waals surface area contributed by atoms with Crippen molar-refractivity contribution in [1.82, 2.24) is 0 Å². The molecule has 0 amide bonds. The fourth-order valence-electron chi connectivity index (χ4n) is 3.24. The average molecular weight is 272 g/mol. The lowest BCUT2D eigenvalue weighted by molar-refractivity contribution is 0.169. The molecule has 0 bridgehead atoms. The van der Waals surface area contributed by atoms with Crippen LogP contribution in [0.3, 0.4) is 0 Å². The minimum absolute atomic E-state index is 0.430. The summed E-state index contributed by atoms with van der Waals surface area (Å²) in [5.41, 5.74) is 5.62. The van der Waals surface area contributed by atoms with Gasteiger partial charge in [0, 0.05) is 5.56 Å². The van der Waals surface area contributed by atoms with Crippen LogP contribution in [0.1, 0.15) is 49.8 Å². The molecular formula is C18H24O2. The van der Waals surface area contributed by atoms with E-state index in [4.69, 9.17) is 9.47 Å². The maximum Gasteiger partial charge on any atom is 0.169 e. The molecule has 108 valence electrons. The van der Waals surface area contributed by atoms with Crippen molar-refractivity contribution in [1.29, 1.82) is 0 Å². The van der Waals surface area contributed by atoms with E-state index in [0.717, 1.165) is 24.3 Å². The van der Waals surface area contributed by atoms with E-state index >= 15 is 0 Å². The fraction of sp³-hybridized carbons (Fsp3) is 0.556. The minimum atomic E-state index is 0.430. The van der Waals surface area contributed by atoms with Gasteiger partial charge in [0.2, 0.25) is 0 Å². The Hall–Kier alpha value is -1.44. The Labute approximate surface area is 121 Å².